The average molecular weight is 404 g/mol. The second-order valence-electron chi connectivity index (χ2n) is 5.79. The summed E-state index contributed by atoms with van der Waals surface area (Å²) in [5.74, 6) is -0.185. The van der Waals surface area contributed by atoms with Gasteiger partial charge in [-0.15, -0.1) is 0 Å². The molecule has 4 rings (SSSR count). The van der Waals surface area contributed by atoms with Gasteiger partial charge >= 0.3 is 5.97 Å². The zero-order valence-corrected chi connectivity index (χ0v) is 15.6. The monoisotopic (exact) mass is 403 g/mol. The van der Waals surface area contributed by atoms with Gasteiger partial charge in [-0.1, -0.05) is 28.4 Å². The molecular weight excluding hydrogens is 393 g/mol. The van der Waals surface area contributed by atoms with Gasteiger partial charge in [-0.3, -0.25) is 4.40 Å². The van der Waals surface area contributed by atoms with Crippen LogP contribution in [0.4, 0.5) is 0 Å². The third-order valence-corrected chi connectivity index (χ3v) is 4.49. The Kier molecular flexibility index (Phi) is 4.09. The SMILES string of the molecule is Cc1noc(-c2cn3c(-c4ccc(Cl)cc4Cl)c(C(=O)O)c(C)nc3n2)n1. The average Bonchev–Trinajstić information content (AvgIpc) is 3.19. The van der Waals surface area contributed by atoms with Gasteiger partial charge in [-0.2, -0.15) is 4.98 Å². The maximum Gasteiger partial charge on any atom is 0.339 e. The van der Waals surface area contributed by atoms with Crippen molar-refractivity contribution in [1.29, 1.82) is 0 Å². The highest BCUT2D eigenvalue weighted by molar-refractivity contribution is 6.36. The molecule has 136 valence electrons. The van der Waals surface area contributed by atoms with Crippen LogP contribution in [0.25, 0.3) is 28.6 Å². The van der Waals surface area contributed by atoms with Crippen molar-refractivity contribution >= 4 is 34.9 Å². The minimum atomic E-state index is -1.13. The van der Waals surface area contributed by atoms with Crippen LogP contribution in [0.3, 0.4) is 0 Å². The van der Waals surface area contributed by atoms with Crippen molar-refractivity contribution in [2.24, 2.45) is 0 Å². The van der Waals surface area contributed by atoms with Gasteiger partial charge in [0.1, 0.15) is 11.3 Å². The zero-order chi connectivity index (χ0) is 19.3. The quantitative estimate of drug-likeness (QED) is 0.549. The van der Waals surface area contributed by atoms with E-state index in [9.17, 15) is 9.90 Å². The summed E-state index contributed by atoms with van der Waals surface area (Å²) in [7, 11) is 0. The van der Waals surface area contributed by atoms with E-state index in [1.54, 1.807) is 42.6 Å². The summed E-state index contributed by atoms with van der Waals surface area (Å²) in [6.07, 6.45) is 1.58. The van der Waals surface area contributed by atoms with E-state index in [1.807, 2.05) is 0 Å². The Hall–Kier alpha value is -2.97. The number of aryl methyl sites for hydroxylation is 2. The van der Waals surface area contributed by atoms with Gasteiger partial charge < -0.3 is 9.63 Å². The second kappa shape index (κ2) is 6.33. The van der Waals surface area contributed by atoms with Gasteiger partial charge in [-0.25, -0.2) is 14.8 Å². The lowest BCUT2D eigenvalue weighted by atomic mass is 10.0. The van der Waals surface area contributed by atoms with Crippen molar-refractivity contribution < 1.29 is 14.4 Å². The van der Waals surface area contributed by atoms with Gasteiger partial charge in [0.15, 0.2) is 5.82 Å². The Labute approximate surface area is 162 Å². The molecule has 0 amide bonds. The van der Waals surface area contributed by atoms with Crippen LogP contribution >= 0.6 is 23.2 Å². The van der Waals surface area contributed by atoms with Gasteiger partial charge in [0, 0.05) is 16.8 Å². The van der Waals surface area contributed by atoms with Crippen LogP contribution in [0, 0.1) is 13.8 Å². The fourth-order valence-electron chi connectivity index (χ4n) is 2.82. The molecule has 8 nitrogen and oxygen atoms in total. The number of fused-ring (bicyclic) bond motifs is 1. The topological polar surface area (TPSA) is 106 Å². The van der Waals surface area contributed by atoms with Crippen LogP contribution in [0.2, 0.25) is 10.0 Å². The standard InChI is InChI=1S/C17H11Cl2N5O3/c1-7-13(16(25)26)14(10-4-3-9(18)5-11(10)19)24-6-12(22-17(24)20-7)15-21-8(2)23-27-15/h3-6H,1-2H3,(H,25,26). The third-order valence-electron chi connectivity index (χ3n) is 3.94. The summed E-state index contributed by atoms with van der Waals surface area (Å²) >= 11 is 12.3. The van der Waals surface area contributed by atoms with E-state index in [2.05, 4.69) is 20.1 Å². The molecule has 1 N–H and O–H groups in total. The highest BCUT2D eigenvalue weighted by atomic mass is 35.5. The molecule has 0 saturated carbocycles. The Bertz CT molecular complexity index is 1210. The smallest absolute Gasteiger partial charge is 0.339 e. The number of hydrogen-bond donors (Lipinski definition) is 1. The molecule has 0 aliphatic carbocycles. The number of carboxylic acids is 1. The van der Waals surface area contributed by atoms with E-state index in [0.717, 1.165) is 0 Å². The molecule has 0 bridgehead atoms. The lowest BCUT2D eigenvalue weighted by Crippen LogP contribution is -2.10. The van der Waals surface area contributed by atoms with E-state index in [0.29, 0.717) is 38.5 Å². The molecular formula is C17H11Cl2N5O3. The van der Waals surface area contributed by atoms with Crippen molar-refractivity contribution in [3.63, 3.8) is 0 Å². The Balaban J connectivity index is 2.08. The van der Waals surface area contributed by atoms with Crippen LogP contribution in [-0.4, -0.2) is 35.6 Å². The fraction of sp³-hybridized carbons (Fsp3) is 0.118. The summed E-state index contributed by atoms with van der Waals surface area (Å²) < 4.78 is 6.69. The Morgan fingerprint density at radius 2 is 1.96 bits per heavy atom. The largest absolute Gasteiger partial charge is 0.478 e. The number of rotatable bonds is 3. The van der Waals surface area contributed by atoms with Gasteiger partial charge in [0.05, 0.1) is 16.4 Å². The lowest BCUT2D eigenvalue weighted by Gasteiger charge is -2.13. The predicted octanol–water partition coefficient (Wildman–Crippen LogP) is 4.07. The number of halogens is 2. The highest BCUT2D eigenvalue weighted by Gasteiger charge is 2.24. The number of carboxylic acid groups (broad SMARTS) is 1. The number of carbonyl (C=O) groups is 1. The van der Waals surface area contributed by atoms with Crippen LogP contribution in [-0.2, 0) is 0 Å². The number of benzene rings is 1. The molecule has 0 spiro atoms. The van der Waals surface area contributed by atoms with Crippen molar-refractivity contribution in [3.8, 4) is 22.8 Å². The molecule has 4 aromatic rings. The van der Waals surface area contributed by atoms with Crippen LogP contribution in [0.15, 0.2) is 28.9 Å². The first kappa shape index (κ1) is 17.4. The molecule has 27 heavy (non-hydrogen) atoms. The number of aromatic nitrogens is 5. The maximum absolute atomic E-state index is 11.9. The summed E-state index contributed by atoms with van der Waals surface area (Å²) in [5.41, 5.74) is 1.50. The van der Waals surface area contributed by atoms with Gasteiger partial charge in [0.2, 0.25) is 5.78 Å². The molecule has 0 unspecified atom stereocenters. The van der Waals surface area contributed by atoms with Crippen molar-refractivity contribution in [2.45, 2.75) is 13.8 Å². The second-order valence-corrected chi connectivity index (χ2v) is 6.64. The normalized spacial score (nSPS) is 11.3. The van der Waals surface area contributed by atoms with Crippen molar-refractivity contribution in [3.05, 3.63) is 51.5 Å². The van der Waals surface area contributed by atoms with Crippen LogP contribution in [0.5, 0.6) is 0 Å². The highest BCUT2D eigenvalue weighted by Crippen LogP contribution is 2.34. The maximum atomic E-state index is 11.9. The molecule has 0 fully saturated rings. The lowest BCUT2D eigenvalue weighted by molar-refractivity contribution is 0.0696. The summed E-state index contributed by atoms with van der Waals surface area (Å²) in [6.45, 7) is 3.29. The molecule has 3 aromatic heterocycles. The molecule has 0 atom stereocenters. The van der Waals surface area contributed by atoms with Gasteiger partial charge in [0.25, 0.3) is 5.89 Å². The summed E-state index contributed by atoms with van der Waals surface area (Å²) in [6, 6.07) is 4.84. The fourth-order valence-corrected chi connectivity index (χ4v) is 3.32. The molecule has 3 heterocycles. The van der Waals surface area contributed by atoms with E-state index in [4.69, 9.17) is 27.7 Å². The number of nitrogens with zero attached hydrogens (tertiary/aromatic N) is 5. The third kappa shape index (κ3) is 2.92. The van der Waals surface area contributed by atoms with E-state index in [-0.39, 0.29) is 17.2 Å². The summed E-state index contributed by atoms with van der Waals surface area (Å²) in [5, 5.41) is 14.2. The van der Waals surface area contributed by atoms with Gasteiger partial charge in [-0.05, 0) is 32.0 Å². The number of hydrogen-bond acceptors (Lipinski definition) is 6. The first-order valence-corrected chi connectivity index (χ1v) is 8.50. The van der Waals surface area contributed by atoms with E-state index < -0.39 is 5.97 Å². The Morgan fingerprint density at radius 3 is 2.59 bits per heavy atom. The zero-order valence-electron chi connectivity index (χ0n) is 14.1. The minimum absolute atomic E-state index is 0.0115. The summed E-state index contributed by atoms with van der Waals surface area (Å²) in [4.78, 5) is 24.8. The van der Waals surface area contributed by atoms with Crippen molar-refractivity contribution in [2.75, 3.05) is 0 Å². The minimum Gasteiger partial charge on any atom is -0.478 e. The molecule has 0 aliphatic heterocycles. The first-order chi connectivity index (χ1) is 12.8. The number of imidazole rings is 1. The molecule has 0 saturated heterocycles. The number of aromatic carboxylic acids is 1. The van der Waals surface area contributed by atoms with Crippen LogP contribution < -0.4 is 0 Å². The molecule has 10 heteroatoms. The van der Waals surface area contributed by atoms with E-state index in [1.165, 1.54) is 0 Å². The van der Waals surface area contributed by atoms with E-state index >= 15 is 0 Å². The van der Waals surface area contributed by atoms with Crippen molar-refractivity contribution in [1.82, 2.24) is 24.5 Å². The molecule has 1 aromatic carbocycles. The Morgan fingerprint density at radius 1 is 1.19 bits per heavy atom. The molecule has 0 radical (unpaired) electrons. The predicted molar refractivity (Wildman–Crippen MR) is 98.2 cm³/mol. The van der Waals surface area contributed by atoms with Crippen LogP contribution in [0.1, 0.15) is 21.9 Å². The molecule has 0 aliphatic rings. The first-order valence-electron chi connectivity index (χ1n) is 7.74.